The summed E-state index contributed by atoms with van der Waals surface area (Å²) >= 11 is 0. The Balaban J connectivity index is 2.88. The van der Waals surface area contributed by atoms with E-state index in [1.807, 2.05) is 0 Å². The van der Waals surface area contributed by atoms with Crippen molar-refractivity contribution in [2.24, 2.45) is 0 Å². The second kappa shape index (κ2) is 3.61. The Bertz CT molecular complexity index is 258. The molecule has 12 heavy (non-hydrogen) atoms. The Hall–Kier alpha value is -0.990. The molecule has 1 aromatic rings. The molecule has 1 aromatic carbocycles. The monoisotopic (exact) mass is 174 g/mol. The summed E-state index contributed by atoms with van der Waals surface area (Å²) in [5.41, 5.74) is 0.834. The predicted molar refractivity (Wildman–Crippen MR) is 41.0 cm³/mol. The first kappa shape index (κ1) is 9.10. The third kappa shape index (κ3) is 2.00. The number of aryl methyl sites for hydroxylation is 1. The number of hydrogen-bond donors (Lipinski definition) is 0. The molecule has 1 atom stereocenters. The van der Waals surface area contributed by atoms with Crippen LogP contribution in [-0.2, 0) is 0 Å². The maximum atomic E-state index is 12.7. The molecule has 0 fully saturated rings. The van der Waals surface area contributed by atoms with Gasteiger partial charge in [-0.15, -0.1) is 0 Å². The van der Waals surface area contributed by atoms with Crippen molar-refractivity contribution in [2.45, 2.75) is 19.5 Å². The molecule has 0 amide bonds. The molecule has 1 unspecified atom stereocenters. The molecule has 1 rings (SSSR count). The van der Waals surface area contributed by atoms with Gasteiger partial charge in [0.25, 0.3) is 6.43 Å². The molecule has 0 nitrogen and oxygen atoms in total. The summed E-state index contributed by atoms with van der Waals surface area (Å²) in [6.45, 7) is 1.74. The predicted octanol–water partition coefficient (Wildman–Crippen LogP) is 3.27. The van der Waals surface area contributed by atoms with Gasteiger partial charge in [0.2, 0.25) is 0 Å². The van der Waals surface area contributed by atoms with Crippen LogP contribution in [0.3, 0.4) is 0 Å². The Morgan fingerprint density at radius 1 is 1.17 bits per heavy atom. The van der Waals surface area contributed by atoms with Crippen molar-refractivity contribution in [3.05, 3.63) is 35.4 Å². The van der Waals surface area contributed by atoms with Crippen molar-refractivity contribution in [3.63, 3.8) is 0 Å². The summed E-state index contributed by atoms with van der Waals surface area (Å²) in [6, 6.07) is 6.10. The maximum absolute atomic E-state index is 12.7. The van der Waals surface area contributed by atoms with E-state index in [0.29, 0.717) is 0 Å². The average molecular weight is 174 g/mol. The van der Waals surface area contributed by atoms with Gasteiger partial charge in [-0.05, 0) is 12.5 Å². The quantitative estimate of drug-likeness (QED) is 0.645. The number of hydrogen-bond acceptors (Lipinski definition) is 0. The molecule has 0 bridgehead atoms. The van der Waals surface area contributed by atoms with Crippen LogP contribution in [0.4, 0.5) is 13.2 Å². The molecule has 0 spiro atoms. The van der Waals surface area contributed by atoms with Crippen LogP contribution < -0.4 is 0 Å². The lowest BCUT2D eigenvalue weighted by Crippen LogP contribution is -2.02. The van der Waals surface area contributed by atoms with E-state index in [2.05, 4.69) is 0 Å². The second-order valence-electron chi connectivity index (χ2n) is 2.65. The van der Waals surface area contributed by atoms with E-state index in [0.717, 1.165) is 5.56 Å². The van der Waals surface area contributed by atoms with Gasteiger partial charge >= 0.3 is 0 Å². The Kier molecular flexibility index (Phi) is 2.74. The minimum Gasteiger partial charge on any atom is -0.236 e. The van der Waals surface area contributed by atoms with Crippen LogP contribution >= 0.6 is 0 Å². The Morgan fingerprint density at radius 2 is 1.83 bits per heavy atom. The molecule has 0 aliphatic heterocycles. The first-order valence-corrected chi connectivity index (χ1v) is 3.60. The van der Waals surface area contributed by atoms with Crippen LogP contribution in [0.2, 0.25) is 0 Å². The fourth-order valence-electron chi connectivity index (χ4n) is 0.987. The highest BCUT2D eigenvalue weighted by Gasteiger charge is 2.20. The zero-order valence-electron chi connectivity index (χ0n) is 6.60. The summed E-state index contributed by atoms with van der Waals surface area (Å²) in [7, 11) is 0. The molecule has 66 valence electrons. The Labute approximate surface area is 69.0 Å². The zero-order valence-corrected chi connectivity index (χ0v) is 6.60. The van der Waals surface area contributed by atoms with Gasteiger partial charge in [0.15, 0.2) is 6.17 Å². The highest BCUT2D eigenvalue weighted by Crippen LogP contribution is 2.24. The van der Waals surface area contributed by atoms with Crippen LogP contribution in [-0.4, -0.2) is 6.43 Å². The molecule has 0 saturated carbocycles. The van der Waals surface area contributed by atoms with Gasteiger partial charge in [-0.3, -0.25) is 0 Å². The highest BCUT2D eigenvalue weighted by atomic mass is 19.3. The molecule has 0 heterocycles. The van der Waals surface area contributed by atoms with Crippen molar-refractivity contribution in [1.29, 1.82) is 0 Å². The molecule has 0 radical (unpaired) electrons. The number of halogens is 3. The molecule has 0 N–H and O–H groups in total. The summed E-state index contributed by atoms with van der Waals surface area (Å²) in [6.07, 6.45) is -5.10. The third-order valence-corrected chi connectivity index (χ3v) is 1.58. The van der Waals surface area contributed by atoms with Gasteiger partial charge in [0.05, 0.1) is 0 Å². The molecule has 0 aromatic heterocycles. The zero-order chi connectivity index (χ0) is 9.14. The van der Waals surface area contributed by atoms with Crippen LogP contribution in [0, 0.1) is 6.92 Å². The van der Waals surface area contributed by atoms with Gasteiger partial charge in [0, 0.05) is 0 Å². The van der Waals surface area contributed by atoms with E-state index in [9.17, 15) is 13.2 Å². The molecule has 0 aliphatic carbocycles. The van der Waals surface area contributed by atoms with Gasteiger partial charge < -0.3 is 0 Å². The number of alkyl halides is 3. The normalized spacial score (nSPS) is 13.4. The number of benzene rings is 1. The lowest BCUT2D eigenvalue weighted by atomic mass is 10.1. The van der Waals surface area contributed by atoms with E-state index in [-0.39, 0.29) is 5.56 Å². The van der Waals surface area contributed by atoms with Crippen molar-refractivity contribution in [3.8, 4) is 0 Å². The van der Waals surface area contributed by atoms with Crippen LogP contribution in [0.15, 0.2) is 24.3 Å². The van der Waals surface area contributed by atoms with E-state index < -0.39 is 12.6 Å². The minimum atomic E-state index is -2.94. The molecule has 0 aliphatic rings. The average Bonchev–Trinajstić information content (AvgIpc) is 2.03. The second-order valence-corrected chi connectivity index (χ2v) is 2.65. The van der Waals surface area contributed by atoms with Crippen molar-refractivity contribution >= 4 is 0 Å². The fraction of sp³-hybridized carbons (Fsp3) is 0.333. The first-order chi connectivity index (χ1) is 5.61. The van der Waals surface area contributed by atoms with Crippen LogP contribution in [0.5, 0.6) is 0 Å². The Morgan fingerprint density at radius 3 is 2.33 bits per heavy atom. The summed E-state index contributed by atoms with van der Waals surface area (Å²) in [5.74, 6) is 0. The maximum Gasteiger partial charge on any atom is 0.273 e. The molecule has 3 heteroatoms. The van der Waals surface area contributed by atoms with Crippen molar-refractivity contribution in [1.82, 2.24) is 0 Å². The van der Waals surface area contributed by atoms with Gasteiger partial charge in [0.1, 0.15) is 0 Å². The summed E-state index contributed by atoms with van der Waals surface area (Å²) in [4.78, 5) is 0. The first-order valence-electron chi connectivity index (χ1n) is 3.60. The largest absolute Gasteiger partial charge is 0.273 e. The van der Waals surface area contributed by atoms with Crippen molar-refractivity contribution < 1.29 is 13.2 Å². The van der Waals surface area contributed by atoms with Crippen LogP contribution in [0.25, 0.3) is 0 Å². The molecular weight excluding hydrogens is 165 g/mol. The van der Waals surface area contributed by atoms with E-state index >= 15 is 0 Å². The highest BCUT2D eigenvalue weighted by molar-refractivity contribution is 5.24. The van der Waals surface area contributed by atoms with E-state index in [1.165, 1.54) is 12.1 Å². The van der Waals surface area contributed by atoms with Gasteiger partial charge in [-0.25, -0.2) is 13.2 Å². The standard InChI is InChI=1S/C9H9F3/c1-6-3-2-4-7(5-6)8(10)9(11)12/h2-5,8-9H,1H3. The smallest absolute Gasteiger partial charge is 0.236 e. The molecule has 0 saturated heterocycles. The van der Waals surface area contributed by atoms with E-state index in [4.69, 9.17) is 0 Å². The summed E-state index contributed by atoms with van der Waals surface area (Å²) in [5, 5.41) is 0. The van der Waals surface area contributed by atoms with E-state index in [1.54, 1.807) is 19.1 Å². The third-order valence-electron chi connectivity index (χ3n) is 1.58. The SMILES string of the molecule is Cc1cccc(C(F)C(F)F)c1. The van der Waals surface area contributed by atoms with Gasteiger partial charge in [-0.1, -0.05) is 29.8 Å². The topological polar surface area (TPSA) is 0 Å². The lowest BCUT2D eigenvalue weighted by molar-refractivity contribution is 0.0495. The van der Waals surface area contributed by atoms with Crippen LogP contribution in [0.1, 0.15) is 17.3 Å². The minimum absolute atomic E-state index is 0.0463. The van der Waals surface area contributed by atoms with Gasteiger partial charge in [-0.2, -0.15) is 0 Å². The number of rotatable bonds is 2. The fourth-order valence-corrected chi connectivity index (χ4v) is 0.987. The molecular formula is C9H9F3. The van der Waals surface area contributed by atoms with Crippen molar-refractivity contribution in [2.75, 3.05) is 0 Å². The lowest BCUT2D eigenvalue weighted by Gasteiger charge is -2.07. The summed E-state index contributed by atoms with van der Waals surface area (Å²) < 4.78 is 36.4.